The number of nitrogens with zero attached hydrogens (tertiary/aromatic N) is 2. The molecule has 0 atom stereocenters. The molecule has 6 nitrogen and oxygen atoms in total. The van der Waals surface area contributed by atoms with Gasteiger partial charge in [0.15, 0.2) is 5.13 Å². The Bertz CT molecular complexity index is 962. The number of urea groups is 1. The number of carbonyl (C=O) groups is 1. The molecule has 0 saturated carbocycles. The highest BCUT2D eigenvalue weighted by molar-refractivity contribution is 8.00. The van der Waals surface area contributed by atoms with Gasteiger partial charge < -0.3 is 9.73 Å². The van der Waals surface area contributed by atoms with Crippen LogP contribution in [-0.4, -0.2) is 16.0 Å². The lowest BCUT2D eigenvalue weighted by molar-refractivity contribution is 0.262. The second-order valence-corrected chi connectivity index (χ2v) is 9.94. The van der Waals surface area contributed by atoms with Crippen molar-refractivity contribution in [1.29, 1.82) is 0 Å². The minimum absolute atomic E-state index is 0.0740. The Morgan fingerprint density at radius 2 is 1.89 bits per heavy atom. The van der Waals surface area contributed by atoms with Crippen LogP contribution in [0.2, 0.25) is 10.0 Å². The van der Waals surface area contributed by atoms with Gasteiger partial charge in [0.2, 0.25) is 5.89 Å². The lowest BCUT2D eigenvalue weighted by atomic mass is 9.94. The van der Waals surface area contributed by atoms with E-state index in [9.17, 15) is 4.79 Å². The van der Waals surface area contributed by atoms with Gasteiger partial charge in [-0.3, -0.25) is 5.32 Å². The number of anilines is 2. The number of halogens is 2. The quantitative estimate of drug-likeness (QED) is 0.418. The summed E-state index contributed by atoms with van der Waals surface area (Å²) in [4.78, 5) is 20.7. The highest BCUT2D eigenvalue weighted by Gasteiger charge is 2.19. The summed E-state index contributed by atoms with van der Waals surface area (Å²) in [6.07, 6.45) is 3.46. The monoisotopic (exact) mass is 456 g/mol. The Morgan fingerprint density at radius 3 is 2.54 bits per heavy atom. The molecule has 0 spiro atoms. The number of benzene rings is 1. The molecule has 0 saturated heterocycles. The molecule has 2 N–H and O–H groups in total. The SMILES string of the molecule is CC(C)(C)c1cnc(CSc2cnc(NC(=O)Nc3c(Cl)cccc3Cl)s2)o1. The molecule has 0 radical (unpaired) electrons. The zero-order valence-electron chi connectivity index (χ0n) is 15.4. The summed E-state index contributed by atoms with van der Waals surface area (Å²) < 4.78 is 6.71. The molecule has 1 aromatic carbocycles. The summed E-state index contributed by atoms with van der Waals surface area (Å²) in [5, 5.41) is 6.49. The standard InChI is InChI=1S/C18H18Cl2N4O2S2/c1-18(2,3)12-7-21-13(26-12)9-27-14-8-22-17(28-14)24-16(25)23-15-10(19)5-4-6-11(15)20/h4-8H,9H2,1-3H3,(H2,22,23,24,25). The molecule has 28 heavy (non-hydrogen) atoms. The number of nitrogens with one attached hydrogen (secondary N) is 2. The molecule has 2 amide bonds. The number of oxazole rings is 1. The van der Waals surface area contributed by atoms with E-state index in [4.69, 9.17) is 27.6 Å². The first kappa shape index (κ1) is 21.0. The van der Waals surface area contributed by atoms with E-state index in [0.717, 1.165) is 9.97 Å². The van der Waals surface area contributed by atoms with Crippen LogP contribution in [0.15, 0.2) is 39.2 Å². The smallest absolute Gasteiger partial charge is 0.325 e. The zero-order chi connectivity index (χ0) is 20.3. The normalized spacial score (nSPS) is 11.5. The first-order valence-corrected chi connectivity index (χ1v) is 10.8. The third-order valence-corrected chi connectivity index (χ3v) is 6.26. The highest BCUT2D eigenvalue weighted by atomic mass is 35.5. The van der Waals surface area contributed by atoms with Crippen molar-refractivity contribution in [3.8, 4) is 0 Å². The molecule has 2 aromatic heterocycles. The number of carbonyl (C=O) groups excluding carboxylic acids is 1. The summed E-state index contributed by atoms with van der Waals surface area (Å²) in [5.74, 6) is 2.09. The Kier molecular flexibility index (Phi) is 6.54. The Labute approximate surface area is 181 Å². The van der Waals surface area contributed by atoms with Crippen LogP contribution < -0.4 is 10.6 Å². The van der Waals surface area contributed by atoms with Crippen LogP contribution in [0, 0.1) is 0 Å². The molecule has 10 heteroatoms. The molecule has 0 unspecified atom stereocenters. The predicted octanol–water partition coefficient (Wildman–Crippen LogP) is 6.67. The molecule has 0 aliphatic heterocycles. The number of amides is 2. The van der Waals surface area contributed by atoms with Gasteiger partial charge in [0.05, 0.1) is 38.1 Å². The van der Waals surface area contributed by atoms with E-state index in [1.54, 1.807) is 42.4 Å². The maximum Gasteiger partial charge on any atom is 0.325 e. The van der Waals surface area contributed by atoms with Crippen molar-refractivity contribution in [3.63, 3.8) is 0 Å². The average molecular weight is 457 g/mol. The van der Waals surface area contributed by atoms with Crippen LogP contribution >= 0.6 is 46.3 Å². The molecule has 0 bridgehead atoms. The maximum absolute atomic E-state index is 12.2. The first-order valence-electron chi connectivity index (χ1n) is 8.28. The number of hydrogen-bond donors (Lipinski definition) is 2. The van der Waals surface area contributed by atoms with Crippen LogP contribution in [0.3, 0.4) is 0 Å². The van der Waals surface area contributed by atoms with E-state index in [-0.39, 0.29) is 5.41 Å². The van der Waals surface area contributed by atoms with Crippen molar-refractivity contribution in [2.75, 3.05) is 10.6 Å². The zero-order valence-corrected chi connectivity index (χ0v) is 18.5. The van der Waals surface area contributed by atoms with Crippen molar-refractivity contribution in [2.45, 2.75) is 36.1 Å². The van der Waals surface area contributed by atoms with Crippen molar-refractivity contribution in [2.24, 2.45) is 0 Å². The van der Waals surface area contributed by atoms with E-state index >= 15 is 0 Å². The second kappa shape index (κ2) is 8.73. The fraction of sp³-hybridized carbons (Fsp3) is 0.278. The van der Waals surface area contributed by atoms with Gasteiger partial charge >= 0.3 is 6.03 Å². The molecule has 0 fully saturated rings. The first-order chi connectivity index (χ1) is 13.2. The van der Waals surface area contributed by atoms with E-state index in [2.05, 4.69) is 41.4 Å². The van der Waals surface area contributed by atoms with Crippen LogP contribution in [-0.2, 0) is 11.2 Å². The van der Waals surface area contributed by atoms with Crippen molar-refractivity contribution in [1.82, 2.24) is 9.97 Å². The molecular formula is C18H18Cl2N4O2S2. The van der Waals surface area contributed by atoms with E-state index in [1.807, 2.05) is 0 Å². The number of thiazole rings is 1. The van der Waals surface area contributed by atoms with Gasteiger partial charge in [-0.2, -0.15) is 0 Å². The Balaban J connectivity index is 1.55. The van der Waals surface area contributed by atoms with Gasteiger partial charge in [-0.25, -0.2) is 14.8 Å². The van der Waals surface area contributed by atoms with E-state index in [0.29, 0.717) is 32.5 Å². The molecule has 2 heterocycles. The van der Waals surface area contributed by atoms with Gasteiger partial charge in [-0.05, 0) is 12.1 Å². The van der Waals surface area contributed by atoms with Gasteiger partial charge in [0.25, 0.3) is 0 Å². The van der Waals surface area contributed by atoms with E-state index < -0.39 is 6.03 Å². The fourth-order valence-corrected chi connectivity index (χ4v) is 4.31. The van der Waals surface area contributed by atoms with Crippen molar-refractivity contribution < 1.29 is 9.21 Å². The molecule has 3 rings (SSSR count). The average Bonchev–Trinajstić information content (AvgIpc) is 3.25. The third-order valence-electron chi connectivity index (χ3n) is 3.54. The lowest BCUT2D eigenvalue weighted by Crippen LogP contribution is -2.19. The molecule has 0 aliphatic carbocycles. The summed E-state index contributed by atoms with van der Waals surface area (Å²) >= 11 is 15.0. The van der Waals surface area contributed by atoms with Crippen LogP contribution in [0.25, 0.3) is 0 Å². The lowest BCUT2D eigenvalue weighted by Gasteiger charge is -2.12. The number of rotatable bonds is 5. The number of aromatic nitrogens is 2. The topological polar surface area (TPSA) is 80.0 Å². The number of hydrogen-bond acceptors (Lipinski definition) is 6. The van der Waals surface area contributed by atoms with Crippen LogP contribution in [0.4, 0.5) is 15.6 Å². The summed E-state index contributed by atoms with van der Waals surface area (Å²) in [6, 6.07) is 4.53. The van der Waals surface area contributed by atoms with Gasteiger partial charge in [0, 0.05) is 5.41 Å². The summed E-state index contributed by atoms with van der Waals surface area (Å²) in [5.41, 5.74) is 0.281. The minimum Gasteiger partial charge on any atom is -0.444 e. The Hall–Kier alpha value is -1.74. The molecular weight excluding hydrogens is 439 g/mol. The largest absolute Gasteiger partial charge is 0.444 e. The van der Waals surface area contributed by atoms with Crippen molar-refractivity contribution in [3.05, 3.63) is 52.3 Å². The van der Waals surface area contributed by atoms with Crippen molar-refractivity contribution >= 4 is 63.2 Å². The molecule has 0 aliphatic rings. The number of thioether (sulfide) groups is 1. The summed E-state index contributed by atoms with van der Waals surface area (Å²) in [7, 11) is 0. The maximum atomic E-state index is 12.2. The number of para-hydroxylation sites is 1. The fourth-order valence-electron chi connectivity index (χ4n) is 2.10. The van der Waals surface area contributed by atoms with Gasteiger partial charge in [-0.15, -0.1) is 11.8 Å². The third kappa shape index (κ3) is 5.41. The molecule has 3 aromatic rings. The van der Waals surface area contributed by atoms with Gasteiger partial charge in [0.1, 0.15) is 5.76 Å². The summed E-state index contributed by atoms with van der Waals surface area (Å²) in [6.45, 7) is 6.23. The van der Waals surface area contributed by atoms with E-state index in [1.165, 1.54) is 11.3 Å². The van der Waals surface area contributed by atoms with Crippen LogP contribution in [0.5, 0.6) is 0 Å². The minimum atomic E-state index is -0.469. The Morgan fingerprint density at radius 1 is 1.18 bits per heavy atom. The molecule has 148 valence electrons. The second-order valence-electron chi connectivity index (χ2n) is 6.82. The van der Waals surface area contributed by atoms with Gasteiger partial charge in [-0.1, -0.05) is 61.4 Å². The predicted molar refractivity (Wildman–Crippen MR) is 116 cm³/mol. The van der Waals surface area contributed by atoms with Crippen LogP contribution in [0.1, 0.15) is 32.4 Å². The highest BCUT2D eigenvalue weighted by Crippen LogP contribution is 2.33.